The lowest BCUT2D eigenvalue weighted by Crippen LogP contribution is -2.33. The number of morpholine rings is 1. The Balaban J connectivity index is 0.00000240. The summed E-state index contributed by atoms with van der Waals surface area (Å²) < 4.78 is 11.4. The van der Waals surface area contributed by atoms with E-state index in [2.05, 4.69) is 30.8 Å². The van der Waals surface area contributed by atoms with Gasteiger partial charge in [-0.1, -0.05) is 6.07 Å². The van der Waals surface area contributed by atoms with Crippen molar-refractivity contribution in [2.45, 2.75) is 6.10 Å². The van der Waals surface area contributed by atoms with Crippen LogP contribution < -0.4 is 15.4 Å². The van der Waals surface area contributed by atoms with E-state index in [1.54, 1.807) is 7.11 Å². The summed E-state index contributed by atoms with van der Waals surface area (Å²) in [5, 5.41) is 22.4. The van der Waals surface area contributed by atoms with Gasteiger partial charge in [0, 0.05) is 24.7 Å². The standard InChI is InChI=1S/C19H19N7O2.ClH/c1-27-16-6-12(17-10-21-4-5-28-17)2-3-14(16)15-7-18(26-25-15)24-19-11-22-13(8-20)9-23-19;/h2-3,6-7,9,11,17,21H,4-5,10H2,1H3,(H2,23,24,25,26);1H/t17-;/m0./s1. The Morgan fingerprint density at radius 1 is 1.24 bits per heavy atom. The maximum absolute atomic E-state index is 8.79. The molecule has 3 heterocycles. The summed E-state index contributed by atoms with van der Waals surface area (Å²) in [6, 6.07) is 9.81. The number of aromatic amines is 1. The average molecular weight is 414 g/mol. The van der Waals surface area contributed by atoms with Gasteiger partial charge in [0.1, 0.15) is 17.6 Å². The van der Waals surface area contributed by atoms with Crippen LogP contribution in [0, 0.1) is 11.3 Å². The van der Waals surface area contributed by atoms with E-state index in [-0.39, 0.29) is 24.2 Å². The third kappa shape index (κ3) is 4.63. The topological polar surface area (TPSA) is 121 Å². The number of rotatable bonds is 5. The second-order valence-electron chi connectivity index (χ2n) is 6.21. The molecule has 9 nitrogen and oxygen atoms in total. The molecule has 1 aromatic carbocycles. The summed E-state index contributed by atoms with van der Waals surface area (Å²) in [6.07, 6.45) is 2.91. The molecule has 4 rings (SSSR count). The molecule has 1 atom stereocenters. The number of methoxy groups -OCH3 is 1. The number of ether oxygens (including phenoxy) is 2. The number of hydrogen-bond donors (Lipinski definition) is 3. The van der Waals surface area contributed by atoms with Crippen LogP contribution >= 0.6 is 12.4 Å². The van der Waals surface area contributed by atoms with Crippen molar-refractivity contribution >= 4 is 24.0 Å². The quantitative estimate of drug-likeness (QED) is 0.583. The molecular weight excluding hydrogens is 394 g/mol. The van der Waals surface area contributed by atoms with Gasteiger partial charge in [-0.2, -0.15) is 10.4 Å². The molecule has 1 fully saturated rings. The van der Waals surface area contributed by atoms with Gasteiger partial charge >= 0.3 is 0 Å². The maximum atomic E-state index is 8.79. The fourth-order valence-corrected chi connectivity index (χ4v) is 3.02. The number of nitrogens with one attached hydrogen (secondary N) is 3. The van der Waals surface area contributed by atoms with Crippen molar-refractivity contribution < 1.29 is 9.47 Å². The first-order valence-electron chi connectivity index (χ1n) is 8.82. The highest BCUT2D eigenvalue weighted by atomic mass is 35.5. The van der Waals surface area contributed by atoms with Gasteiger partial charge in [0.05, 0.1) is 37.9 Å². The molecule has 1 aliphatic rings. The number of aromatic nitrogens is 4. The van der Waals surface area contributed by atoms with Crippen LogP contribution in [0.15, 0.2) is 36.7 Å². The Hall–Kier alpha value is -3.19. The zero-order valence-electron chi connectivity index (χ0n) is 15.7. The van der Waals surface area contributed by atoms with E-state index in [9.17, 15) is 0 Å². The summed E-state index contributed by atoms with van der Waals surface area (Å²) in [7, 11) is 1.64. The van der Waals surface area contributed by atoms with Crippen molar-refractivity contribution in [3.8, 4) is 23.1 Å². The summed E-state index contributed by atoms with van der Waals surface area (Å²) in [5.41, 5.74) is 3.02. The van der Waals surface area contributed by atoms with Crippen LogP contribution in [0.1, 0.15) is 17.4 Å². The molecular formula is C19H20ClN7O2. The molecule has 29 heavy (non-hydrogen) atoms. The molecule has 3 aromatic rings. The molecule has 0 spiro atoms. The van der Waals surface area contributed by atoms with E-state index in [1.165, 1.54) is 12.4 Å². The number of nitriles is 1. The van der Waals surface area contributed by atoms with E-state index >= 15 is 0 Å². The smallest absolute Gasteiger partial charge is 0.158 e. The van der Waals surface area contributed by atoms with Crippen molar-refractivity contribution in [3.05, 3.63) is 47.9 Å². The second kappa shape index (κ2) is 9.34. The van der Waals surface area contributed by atoms with Crippen LogP contribution in [0.4, 0.5) is 11.6 Å². The number of benzene rings is 1. The van der Waals surface area contributed by atoms with Crippen LogP contribution in [0.25, 0.3) is 11.3 Å². The van der Waals surface area contributed by atoms with Crippen molar-refractivity contribution in [2.24, 2.45) is 0 Å². The highest BCUT2D eigenvalue weighted by Gasteiger charge is 2.18. The first kappa shape index (κ1) is 20.5. The second-order valence-corrected chi connectivity index (χ2v) is 6.21. The molecule has 150 valence electrons. The Bertz CT molecular complexity index is 995. The fraction of sp³-hybridized carbons (Fsp3) is 0.263. The van der Waals surface area contributed by atoms with Crippen LogP contribution in [-0.2, 0) is 4.74 Å². The molecule has 1 saturated heterocycles. The number of halogens is 1. The lowest BCUT2D eigenvalue weighted by atomic mass is 10.0. The van der Waals surface area contributed by atoms with E-state index in [1.807, 2.05) is 30.3 Å². The van der Waals surface area contributed by atoms with E-state index in [4.69, 9.17) is 14.7 Å². The number of hydrogen-bond acceptors (Lipinski definition) is 8. The SMILES string of the molecule is COc1cc([C@@H]2CNCCO2)ccc1-c1cc(Nc2cnc(C#N)cn2)n[nH]1.Cl. The number of H-pyrrole nitrogens is 1. The normalized spacial score (nSPS) is 15.8. The monoisotopic (exact) mass is 413 g/mol. The summed E-state index contributed by atoms with van der Waals surface area (Å²) in [5.74, 6) is 1.82. The highest BCUT2D eigenvalue weighted by molar-refractivity contribution is 5.85. The Morgan fingerprint density at radius 3 is 2.83 bits per heavy atom. The third-order valence-corrected chi connectivity index (χ3v) is 4.42. The van der Waals surface area contributed by atoms with Gasteiger partial charge in [-0.25, -0.2) is 9.97 Å². The summed E-state index contributed by atoms with van der Waals surface area (Å²) in [4.78, 5) is 8.11. The predicted molar refractivity (Wildman–Crippen MR) is 109 cm³/mol. The molecule has 0 amide bonds. The highest BCUT2D eigenvalue weighted by Crippen LogP contribution is 2.33. The van der Waals surface area contributed by atoms with Gasteiger partial charge < -0.3 is 20.1 Å². The first-order chi connectivity index (χ1) is 13.8. The van der Waals surface area contributed by atoms with Gasteiger partial charge in [0.2, 0.25) is 0 Å². The lowest BCUT2D eigenvalue weighted by Gasteiger charge is -2.24. The minimum Gasteiger partial charge on any atom is -0.496 e. The van der Waals surface area contributed by atoms with Crippen molar-refractivity contribution in [1.82, 2.24) is 25.5 Å². The van der Waals surface area contributed by atoms with Gasteiger partial charge in [0.25, 0.3) is 0 Å². The molecule has 1 aliphatic heterocycles. The number of nitrogens with zero attached hydrogens (tertiary/aromatic N) is 4. The van der Waals surface area contributed by atoms with Crippen LogP contribution in [-0.4, -0.2) is 47.0 Å². The fourth-order valence-electron chi connectivity index (χ4n) is 3.02. The minimum atomic E-state index is 0. The van der Waals surface area contributed by atoms with Gasteiger partial charge in [-0.05, 0) is 17.7 Å². The van der Waals surface area contributed by atoms with Crippen molar-refractivity contribution in [3.63, 3.8) is 0 Å². The average Bonchev–Trinajstić information content (AvgIpc) is 3.22. The molecule has 2 aromatic heterocycles. The molecule has 0 radical (unpaired) electrons. The molecule has 0 bridgehead atoms. The molecule has 0 unspecified atom stereocenters. The van der Waals surface area contributed by atoms with E-state index in [0.717, 1.165) is 35.7 Å². The Morgan fingerprint density at radius 2 is 2.14 bits per heavy atom. The largest absolute Gasteiger partial charge is 0.496 e. The lowest BCUT2D eigenvalue weighted by molar-refractivity contribution is 0.0276. The zero-order valence-corrected chi connectivity index (χ0v) is 16.5. The number of anilines is 2. The summed E-state index contributed by atoms with van der Waals surface area (Å²) in [6.45, 7) is 2.36. The van der Waals surface area contributed by atoms with Crippen LogP contribution in [0.5, 0.6) is 5.75 Å². The molecule has 0 saturated carbocycles. The molecule has 10 heteroatoms. The zero-order chi connectivity index (χ0) is 19.3. The Kier molecular flexibility index (Phi) is 6.61. The van der Waals surface area contributed by atoms with Gasteiger partial charge in [-0.3, -0.25) is 5.10 Å². The van der Waals surface area contributed by atoms with Crippen LogP contribution in [0.2, 0.25) is 0 Å². The van der Waals surface area contributed by atoms with Gasteiger partial charge in [-0.15, -0.1) is 12.4 Å². The van der Waals surface area contributed by atoms with Crippen molar-refractivity contribution in [2.75, 3.05) is 32.1 Å². The summed E-state index contributed by atoms with van der Waals surface area (Å²) >= 11 is 0. The third-order valence-electron chi connectivity index (χ3n) is 4.42. The predicted octanol–water partition coefficient (Wildman–Crippen LogP) is 2.57. The maximum Gasteiger partial charge on any atom is 0.158 e. The minimum absolute atomic E-state index is 0. The first-order valence-corrected chi connectivity index (χ1v) is 8.82. The van der Waals surface area contributed by atoms with E-state index < -0.39 is 0 Å². The molecule has 0 aliphatic carbocycles. The van der Waals surface area contributed by atoms with E-state index in [0.29, 0.717) is 18.2 Å². The van der Waals surface area contributed by atoms with Gasteiger partial charge in [0.15, 0.2) is 11.5 Å². The molecule has 3 N–H and O–H groups in total. The Labute approximate surface area is 173 Å². The van der Waals surface area contributed by atoms with Crippen LogP contribution in [0.3, 0.4) is 0 Å². The van der Waals surface area contributed by atoms with Crippen molar-refractivity contribution in [1.29, 1.82) is 5.26 Å².